The molecule has 1 aliphatic rings. The first-order valence-electron chi connectivity index (χ1n) is 5.57. The van der Waals surface area contributed by atoms with Crippen molar-refractivity contribution in [1.29, 1.82) is 5.26 Å². The topological polar surface area (TPSA) is 36.3 Å². The van der Waals surface area contributed by atoms with Gasteiger partial charge in [0.05, 0.1) is 23.7 Å². The summed E-state index contributed by atoms with van der Waals surface area (Å²) in [6.45, 7) is 12.4. The molecule has 0 aromatic carbocycles. The lowest BCUT2D eigenvalue weighted by atomic mass is 9.97. The van der Waals surface area contributed by atoms with Crippen LogP contribution >= 0.6 is 0 Å². The monoisotopic (exact) mass is 210 g/mol. The van der Waals surface area contributed by atoms with Gasteiger partial charge in [-0.2, -0.15) is 5.26 Å². The van der Waals surface area contributed by atoms with Crippen LogP contribution in [0.25, 0.3) is 0 Å². The summed E-state index contributed by atoms with van der Waals surface area (Å²) < 4.78 is 6.00. The molecule has 1 heterocycles. The molecule has 0 N–H and O–H groups in total. The van der Waals surface area contributed by atoms with Crippen molar-refractivity contribution < 1.29 is 4.74 Å². The van der Waals surface area contributed by atoms with Crippen molar-refractivity contribution >= 4 is 0 Å². The van der Waals surface area contributed by atoms with Gasteiger partial charge < -0.3 is 4.74 Å². The van der Waals surface area contributed by atoms with Gasteiger partial charge in [-0.3, -0.25) is 4.90 Å². The molecule has 3 heteroatoms. The van der Waals surface area contributed by atoms with Gasteiger partial charge in [-0.1, -0.05) is 0 Å². The third-order valence-electron chi connectivity index (χ3n) is 2.73. The summed E-state index contributed by atoms with van der Waals surface area (Å²) >= 11 is 0. The van der Waals surface area contributed by atoms with Crippen molar-refractivity contribution in [3.8, 4) is 6.07 Å². The van der Waals surface area contributed by atoms with Crippen molar-refractivity contribution in [2.24, 2.45) is 0 Å². The largest absolute Gasteiger partial charge is 0.367 e. The Hall–Kier alpha value is -0.590. The van der Waals surface area contributed by atoms with Crippen LogP contribution in [-0.2, 0) is 4.74 Å². The molecule has 0 spiro atoms. The van der Waals surface area contributed by atoms with E-state index in [4.69, 9.17) is 10.00 Å². The maximum absolute atomic E-state index is 8.72. The van der Waals surface area contributed by atoms with E-state index in [1.807, 2.05) is 0 Å². The lowest BCUT2D eigenvalue weighted by molar-refractivity contribution is -0.186. The van der Waals surface area contributed by atoms with Crippen molar-refractivity contribution in [2.45, 2.75) is 58.3 Å². The standard InChI is InChI=1S/C12H22N2O/c1-10(6-7-13)14-8-11(2,3)15-12(4,5)9-14/h10H,6,8-9H2,1-5H3. The van der Waals surface area contributed by atoms with Gasteiger partial charge in [-0.25, -0.2) is 0 Å². The van der Waals surface area contributed by atoms with Gasteiger partial charge in [0.25, 0.3) is 0 Å². The number of nitriles is 1. The number of morpholine rings is 1. The highest BCUT2D eigenvalue weighted by Crippen LogP contribution is 2.29. The van der Waals surface area contributed by atoms with E-state index in [0.717, 1.165) is 13.1 Å². The average molecular weight is 210 g/mol. The quantitative estimate of drug-likeness (QED) is 0.701. The van der Waals surface area contributed by atoms with E-state index in [1.165, 1.54) is 0 Å². The lowest BCUT2D eigenvalue weighted by Crippen LogP contribution is -2.59. The Bertz CT molecular complexity index is 249. The van der Waals surface area contributed by atoms with E-state index < -0.39 is 0 Å². The fourth-order valence-electron chi connectivity index (χ4n) is 2.42. The van der Waals surface area contributed by atoms with Gasteiger partial charge in [0.15, 0.2) is 0 Å². The number of hydrogen-bond donors (Lipinski definition) is 0. The minimum Gasteiger partial charge on any atom is -0.367 e. The Balaban J connectivity index is 2.71. The van der Waals surface area contributed by atoms with Crippen LogP contribution in [0.4, 0.5) is 0 Å². The summed E-state index contributed by atoms with van der Waals surface area (Å²) in [4.78, 5) is 2.35. The molecular weight excluding hydrogens is 188 g/mol. The second-order valence-corrected chi connectivity index (χ2v) is 5.74. The van der Waals surface area contributed by atoms with E-state index in [1.54, 1.807) is 0 Å². The van der Waals surface area contributed by atoms with E-state index in [2.05, 4.69) is 45.6 Å². The second-order valence-electron chi connectivity index (χ2n) is 5.74. The Kier molecular flexibility index (Phi) is 3.42. The van der Waals surface area contributed by atoms with Gasteiger partial charge >= 0.3 is 0 Å². The minimum absolute atomic E-state index is 0.120. The smallest absolute Gasteiger partial charge is 0.0760 e. The van der Waals surface area contributed by atoms with Gasteiger partial charge in [-0.15, -0.1) is 0 Å². The number of hydrogen-bond acceptors (Lipinski definition) is 3. The van der Waals surface area contributed by atoms with Crippen molar-refractivity contribution in [1.82, 2.24) is 4.90 Å². The SMILES string of the molecule is CC(CC#N)N1CC(C)(C)OC(C)(C)C1. The van der Waals surface area contributed by atoms with Crippen molar-refractivity contribution in [3.05, 3.63) is 0 Å². The van der Waals surface area contributed by atoms with Crippen LogP contribution in [0.5, 0.6) is 0 Å². The van der Waals surface area contributed by atoms with Crippen LogP contribution in [0.1, 0.15) is 41.0 Å². The third-order valence-corrected chi connectivity index (χ3v) is 2.73. The Labute approximate surface area is 93.0 Å². The molecule has 0 aromatic rings. The maximum Gasteiger partial charge on any atom is 0.0760 e. The Morgan fingerprint density at radius 2 is 1.73 bits per heavy atom. The predicted molar refractivity (Wildman–Crippen MR) is 60.5 cm³/mol. The summed E-state index contributed by atoms with van der Waals surface area (Å²) in [6, 6.07) is 2.55. The molecule has 1 fully saturated rings. The van der Waals surface area contributed by atoms with Crippen LogP contribution in [-0.4, -0.2) is 35.2 Å². The molecule has 86 valence electrons. The summed E-state index contributed by atoms with van der Waals surface area (Å²) in [7, 11) is 0. The molecule has 0 radical (unpaired) electrons. The van der Waals surface area contributed by atoms with Gasteiger partial charge in [0, 0.05) is 19.1 Å². The summed E-state index contributed by atoms with van der Waals surface area (Å²) in [6.07, 6.45) is 0.589. The maximum atomic E-state index is 8.72. The summed E-state index contributed by atoms with van der Waals surface area (Å²) in [5.41, 5.74) is -0.239. The van der Waals surface area contributed by atoms with Crippen LogP contribution < -0.4 is 0 Å². The molecule has 0 saturated carbocycles. The molecule has 0 bridgehead atoms. The first kappa shape index (κ1) is 12.5. The highest BCUT2D eigenvalue weighted by molar-refractivity contribution is 4.92. The molecule has 3 nitrogen and oxygen atoms in total. The molecule has 0 amide bonds. The van der Waals surface area contributed by atoms with Crippen LogP contribution in [0.15, 0.2) is 0 Å². The first-order chi connectivity index (χ1) is 6.76. The fourth-order valence-corrected chi connectivity index (χ4v) is 2.42. The fraction of sp³-hybridized carbons (Fsp3) is 0.917. The van der Waals surface area contributed by atoms with Crippen LogP contribution in [0.2, 0.25) is 0 Å². The van der Waals surface area contributed by atoms with Crippen molar-refractivity contribution in [2.75, 3.05) is 13.1 Å². The van der Waals surface area contributed by atoms with Crippen molar-refractivity contribution in [3.63, 3.8) is 0 Å². The number of rotatable bonds is 2. The van der Waals surface area contributed by atoms with E-state index in [0.29, 0.717) is 12.5 Å². The zero-order valence-electron chi connectivity index (χ0n) is 10.5. The second kappa shape index (κ2) is 4.11. The number of ether oxygens (including phenoxy) is 1. The lowest BCUT2D eigenvalue weighted by Gasteiger charge is -2.48. The molecule has 1 atom stereocenters. The minimum atomic E-state index is -0.120. The zero-order valence-corrected chi connectivity index (χ0v) is 10.5. The van der Waals surface area contributed by atoms with E-state index >= 15 is 0 Å². The summed E-state index contributed by atoms with van der Waals surface area (Å²) in [5, 5.41) is 8.72. The molecule has 1 saturated heterocycles. The molecule has 0 aromatic heterocycles. The van der Waals surface area contributed by atoms with Crippen LogP contribution in [0, 0.1) is 11.3 Å². The number of nitrogens with zero attached hydrogens (tertiary/aromatic N) is 2. The molecule has 1 aliphatic heterocycles. The Morgan fingerprint density at radius 1 is 1.27 bits per heavy atom. The third kappa shape index (κ3) is 3.48. The molecular formula is C12H22N2O. The average Bonchev–Trinajstić information content (AvgIpc) is 1.98. The highest BCUT2D eigenvalue weighted by atomic mass is 16.5. The first-order valence-corrected chi connectivity index (χ1v) is 5.57. The predicted octanol–water partition coefficient (Wildman–Crippen LogP) is 2.18. The van der Waals surface area contributed by atoms with Gasteiger partial charge in [0.1, 0.15) is 0 Å². The normalized spacial score (nSPS) is 26.9. The van der Waals surface area contributed by atoms with Gasteiger partial charge in [0.2, 0.25) is 0 Å². The molecule has 0 aliphatic carbocycles. The van der Waals surface area contributed by atoms with Crippen LogP contribution in [0.3, 0.4) is 0 Å². The van der Waals surface area contributed by atoms with E-state index in [-0.39, 0.29) is 11.2 Å². The molecule has 1 unspecified atom stereocenters. The van der Waals surface area contributed by atoms with E-state index in [9.17, 15) is 0 Å². The Morgan fingerprint density at radius 3 is 2.13 bits per heavy atom. The van der Waals surface area contributed by atoms with Gasteiger partial charge in [-0.05, 0) is 34.6 Å². The summed E-state index contributed by atoms with van der Waals surface area (Å²) in [5.74, 6) is 0. The molecule has 15 heavy (non-hydrogen) atoms. The highest BCUT2D eigenvalue weighted by Gasteiger charge is 2.39. The molecule has 1 rings (SSSR count). The zero-order chi connectivity index (χ0) is 11.7.